The molecule has 0 spiro atoms. The van der Waals surface area contributed by atoms with Crippen LogP contribution in [0.15, 0.2) is 18.2 Å². The lowest BCUT2D eigenvalue weighted by atomic mass is 10.1. The summed E-state index contributed by atoms with van der Waals surface area (Å²) >= 11 is 0. The van der Waals surface area contributed by atoms with Crippen LogP contribution in [0.3, 0.4) is 0 Å². The summed E-state index contributed by atoms with van der Waals surface area (Å²) in [5.41, 5.74) is 2.30. The number of benzene rings is 1. The van der Waals surface area contributed by atoms with Crippen molar-refractivity contribution in [2.75, 3.05) is 11.9 Å². The van der Waals surface area contributed by atoms with Crippen LogP contribution in [0.2, 0.25) is 0 Å². The number of nitrogens with one attached hydrogen (secondary N) is 1. The van der Waals surface area contributed by atoms with Gasteiger partial charge in [0.05, 0.1) is 6.54 Å². The first-order valence-electron chi connectivity index (χ1n) is 6.36. The summed E-state index contributed by atoms with van der Waals surface area (Å²) in [6.07, 6.45) is 0. The number of amides is 1. The van der Waals surface area contributed by atoms with Crippen molar-refractivity contribution in [1.82, 2.24) is 20.2 Å². The number of carbonyl (C=O) groups is 1. The summed E-state index contributed by atoms with van der Waals surface area (Å²) in [5.74, 6) is 0.521. The van der Waals surface area contributed by atoms with Crippen LogP contribution in [-0.4, -0.2) is 32.7 Å². The molecule has 0 radical (unpaired) electrons. The molecule has 1 amide bonds. The molecule has 7 nitrogen and oxygen atoms in total. The number of aryl methyl sites for hydroxylation is 3. The van der Waals surface area contributed by atoms with Gasteiger partial charge in [-0.05, 0) is 49.2 Å². The van der Waals surface area contributed by atoms with Gasteiger partial charge in [0, 0.05) is 0 Å². The van der Waals surface area contributed by atoms with Crippen LogP contribution in [0.5, 0.6) is 5.75 Å². The monoisotopic (exact) mass is 275 g/mol. The van der Waals surface area contributed by atoms with E-state index >= 15 is 0 Å². The molecule has 20 heavy (non-hydrogen) atoms. The van der Waals surface area contributed by atoms with Crippen molar-refractivity contribution < 1.29 is 9.53 Å². The zero-order valence-corrected chi connectivity index (χ0v) is 11.8. The Morgan fingerprint density at radius 2 is 2.15 bits per heavy atom. The van der Waals surface area contributed by atoms with E-state index in [1.807, 2.05) is 39.0 Å². The highest BCUT2D eigenvalue weighted by molar-refractivity contribution is 5.90. The first kappa shape index (κ1) is 14.0. The van der Waals surface area contributed by atoms with Gasteiger partial charge in [0.25, 0.3) is 11.9 Å². The maximum absolute atomic E-state index is 11.7. The van der Waals surface area contributed by atoms with Crippen LogP contribution in [0, 0.1) is 13.8 Å². The third-order valence-corrected chi connectivity index (χ3v) is 2.84. The number of tetrazole rings is 1. The van der Waals surface area contributed by atoms with Gasteiger partial charge in [-0.1, -0.05) is 11.2 Å². The molecule has 2 rings (SSSR count). The largest absolute Gasteiger partial charge is 0.484 e. The average Bonchev–Trinajstić information content (AvgIpc) is 2.88. The number of aromatic nitrogens is 4. The van der Waals surface area contributed by atoms with Gasteiger partial charge in [-0.15, -0.1) is 5.10 Å². The molecule has 0 saturated heterocycles. The van der Waals surface area contributed by atoms with Gasteiger partial charge in [-0.2, -0.15) is 4.80 Å². The highest BCUT2D eigenvalue weighted by atomic mass is 16.5. The van der Waals surface area contributed by atoms with Crippen molar-refractivity contribution in [2.24, 2.45) is 0 Å². The Balaban J connectivity index is 1.87. The van der Waals surface area contributed by atoms with E-state index in [1.54, 1.807) is 0 Å². The molecular formula is C13H17N5O2. The zero-order chi connectivity index (χ0) is 14.5. The fraction of sp³-hybridized carbons (Fsp3) is 0.385. The first-order valence-corrected chi connectivity index (χ1v) is 6.36. The summed E-state index contributed by atoms with van der Waals surface area (Å²) in [6, 6.07) is 5.69. The van der Waals surface area contributed by atoms with E-state index in [0.717, 1.165) is 5.56 Å². The number of hydrogen-bond donors (Lipinski definition) is 1. The molecule has 2 aromatic rings. The van der Waals surface area contributed by atoms with Crippen LogP contribution >= 0.6 is 0 Å². The Kier molecular flexibility index (Phi) is 4.29. The lowest BCUT2D eigenvalue weighted by Gasteiger charge is -2.07. The molecule has 1 N–H and O–H groups in total. The summed E-state index contributed by atoms with van der Waals surface area (Å²) in [5, 5.41) is 13.9. The minimum Gasteiger partial charge on any atom is -0.484 e. The Morgan fingerprint density at radius 1 is 1.35 bits per heavy atom. The maximum Gasteiger partial charge on any atom is 0.270 e. The Labute approximate surface area is 116 Å². The number of rotatable bonds is 5. The molecule has 0 aliphatic rings. The molecule has 0 unspecified atom stereocenters. The summed E-state index contributed by atoms with van der Waals surface area (Å²) < 4.78 is 5.41. The molecular weight excluding hydrogens is 258 g/mol. The predicted molar refractivity (Wildman–Crippen MR) is 73.5 cm³/mol. The minimum absolute atomic E-state index is 0.0941. The lowest BCUT2D eigenvalue weighted by Crippen LogP contribution is -2.21. The standard InChI is InChI=1S/C13H17N5O2/c1-4-18-16-13(15-17-18)14-12(19)8-20-11-6-5-9(2)10(3)7-11/h5-7H,4,8H2,1-3H3,(H,14,16,19). The van der Waals surface area contributed by atoms with Gasteiger partial charge in [-0.25, -0.2) is 0 Å². The summed E-state index contributed by atoms with van der Waals surface area (Å²) in [7, 11) is 0. The maximum atomic E-state index is 11.7. The quantitative estimate of drug-likeness (QED) is 0.890. The second kappa shape index (κ2) is 6.14. The number of anilines is 1. The summed E-state index contributed by atoms with van der Waals surface area (Å²) in [6.45, 7) is 6.41. The molecule has 0 aliphatic carbocycles. The number of hydrogen-bond acceptors (Lipinski definition) is 5. The van der Waals surface area contributed by atoms with E-state index in [9.17, 15) is 4.79 Å². The van der Waals surface area contributed by atoms with E-state index < -0.39 is 0 Å². The summed E-state index contributed by atoms with van der Waals surface area (Å²) in [4.78, 5) is 13.1. The SMILES string of the molecule is CCn1nnc(NC(=O)COc2ccc(C)c(C)c2)n1. The van der Waals surface area contributed by atoms with E-state index in [1.165, 1.54) is 10.4 Å². The second-order valence-electron chi connectivity index (χ2n) is 4.38. The van der Waals surface area contributed by atoms with Gasteiger partial charge >= 0.3 is 0 Å². The third-order valence-electron chi connectivity index (χ3n) is 2.84. The van der Waals surface area contributed by atoms with Crippen molar-refractivity contribution in [3.8, 4) is 5.75 Å². The minimum atomic E-state index is -0.320. The molecule has 0 saturated carbocycles. The molecule has 0 fully saturated rings. The van der Waals surface area contributed by atoms with Crippen LogP contribution < -0.4 is 10.1 Å². The zero-order valence-electron chi connectivity index (χ0n) is 11.8. The fourth-order valence-electron chi connectivity index (χ4n) is 1.54. The van der Waals surface area contributed by atoms with Crippen LogP contribution in [0.25, 0.3) is 0 Å². The Morgan fingerprint density at radius 3 is 2.80 bits per heavy atom. The van der Waals surface area contributed by atoms with Crippen LogP contribution in [0.1, 0.15) is 18.1 Å². The van der Waals surface area contributed by atoms with Gasteiger partial charge in [0.15, 0.2) is 6.61 Å². The second-order valence-corrected chi connectivity index (χ2v) is 4.38. The van der Waals surface area contributed by atoms with Crippen LogP contribution in [-0.2, 0) is 11.3 Å². The van der Waals surface area contributed by atoms with Gasteiger partial charge in [-0.3, -0.25) is 10.1 Å². The van der Waals surface area contributed by atoms with Gasteiger partial charge < -0.3 is 4.74 Å². The average molecular weight is 275 g/mol. The number of nitrogens with zero attached hydrogens (tertiary/aromatic N) is 4. The molecule has 0 bridgehead atoms. The molecule has 106 valence electrons. The normalized spacial score (nSPS) is 10.3. The van der Waals surface area contributed by atoms with Gasteiger partial charge in [0.1, 0.15) is 5.75 Å². The number of ether oxygens (including phenoxy) is 1. The van der Waals surface area contributed by atoms with Crippen molar-refractivity contribution in [2.45, 2.75) is 27.3 Å². The highest BCUT2D eigenvalue weighted by Gasteiger charge is 2.08. The van der Waals surface area contributed by atoms with Gasteiger partial charge in [0.2, 0.25) is 0 Å². The molecule has 0 aliphatic heterocycles. The van der Waals surface area contributed by atoms with Crippen LogP contribution in [0.4, 0.5) is 5.95 Å². The van der Waals surface area contributed by atoms with E-state index in [2.05, 4.69) is 20.7 Å². The molecule has 7 heteroatoms. The molecule has 1 aromatic carbocycles. The number of carbonyl (C=O) groups excluding carboxylic acids is 1. The predicted octanol–water partition coefficient (Wildman–Crippen LogP) is 1.33. The van der Waals surface area contributed by atoms with E-state index in [-0.39, 0.29) is 18.5 Å². The lowest BCUT2D eigenvalue weighted by molar-refractivity contribution is -0.118. The third kappa shape index (κ3) is 3.53. The molecule has 1 aromatic heterocycles. The topological polar surface area (TPSA) is 81.9 Å². The van der Waals surface area contributed by atoms with Crippen molar-refractivity contribution >= 4 is 11.9 Å². The van der Waals surface area contributed by atoms with Crippen molar-refractivity contribution in [3.05, 3.63) is 29.3 Å². The molecule has 0 atom stereocenters. The van der Waals surface area contributed by atoms with Crippen molar-refractivity contribution in [1.29, 1.82) is 0 Å². The van der Waals surface area contributed by atoms with E-state index in [0.29, 0.717) is 12.3 Å². The highest BCUT2D eigenvalue weighted by Crippen LogP contribution is 2.16. The smallest absolute Gasteiger partial charge is 0.270 e. The fourth-order valence-corrected chi connectivity index (χ4v) is 1.54. The first-order chi connectivity index (χ1) is 9.58. The molecule has 1 heterocycles. The van der Waals surface area contributed by atoms with E-state index in [4.69, 9.17) is 4.74 Å². The Bertz CT molecular complexity index is 609. The van der Waals surface area contributed by atoms with Crippen molar-refractivity contribution in [3.63, 3.8) is 0 Å². The Hall–Kier alpha value is -2.44.